The smallest absolute Gasteiger partial charge is 0.307 e. The van der Waals surface area contributed by atoms with Crippen molar-refractivity contribution in [3.63, 3.8) is 0 Å². The van der Waals surface area contributed by atoms with Crippen LogP contribution in [0.4, 0.5) is 0 Å². The molecule has 1 saturated carbocycles. The van der Waals surface area contributed by atoms with E-state index in [1.54, 1.807) is 7.11 Å². The number of hydrogen-bond donors (Lipinski definition) is 2. The Morgan fingerprint density at radius 2 is 2.18 bits per heavy atom. The van der Waals surface area contributed by atoms with Gasteiger partial charge in [-0.05, 0) is 12.8 Å². The second-order valence-corrected chi connectivity index (χ2v) is 4.59. The summed E-state index contributed by atoms with van der Waals surface area (Å²) in [5.74, 6) is -1.84. The first-order valence-electron chi connectivity index (χ1n) is 6.12. The normalized spacial score (nSPS) is 24.1. The van der Waals surface area contributed by atoms with Crippen molar-refractivity contribution in [3.8, 4) is 0 Å². The molecule has 98 valence electrons. The Labute approximate surface area is 102 Å². The number of aliphatic carboxylic acids is 1. The van der Waals surface area contributed by atoms with Crippen molar-refractivity contribution in [2.75, 3.05) is 13.7 Å². The van der Waals surface area contributed by atoms with Crippen LogP contribution in [0.3, 0.4) is 0 Å². The first kappa shape index (κ1) is 14.0. The highest BCUT2D eigenvalue weighted by molar-refractivity contribution is 5.89. The van der Waals surface area contributed by atoms with Crippen LogP contribution >= 0.6 is 0 Å². The van der Waals surface area contributed by atoms with Crippen LogP contribution in [0.1, 0.15) is 32.6 Å². The van der Waals surface area contributed by atoms with Gasteiger partial charge in [0.15, 0.2) is 0 Å². The summed E-state index contributed by atoms with van der Waals surface area (Å²) in [7, 11) is 1.60. The van der Waals surface area contributed by atoms with E-state index in [-0.39, 0.29) is 17.9 Å². The van der Waals surface area contributed by atoms with E-state index in [4.69, 9.17) is 9.84 Å². The molecule has 0 spiro atoms. The summed E-state index contributed by atoms with van der Waals surface area (Å²) in [6, 6.07) is 0.00231. The summed E-state index contributed by atoms with van der Waals surface area (Å²) in [5.41, 5.74) is 0. The van der Waals surface area contributed by atoms with Crippen molar-refractivity contribution in [1.82, 2.24) is 5.32 Å². The maximum Gasteiger partial charge on any atom is 0.307 e. The number of unbranched alkanes of at least 4 members (excludes halogenated alkanes) is 1. The Balaban J connectivity index is 2.34. The molecule has 17 heavy (non-hydrogen) atoms. The summed E-state index contributed by atoms with van der Waals surface area (Å²) < 4.78 is 5.05. The molecule has 0 bridgehead atoms. The number of methoxy groups -OCH3 is 1. The molecule has 0 aromatic carbocycles. The molecule has 0 aromatic rings. The topological polar surface area (TPSA) is 75.6 Å². The third kappa shape index (κ3) is 4.34. The van der Waals surface area contributed by atoms with Crippen molar-refractivity contribution in [1.29, 1.82) is 0 Å². The van der Waals surface area contributed by atoms with Gasteiger partial charge in [0.05, 0.1) is 24.5 Å². The number of nitrogens with one attached hydrogen (secondary N) is 1. The Bertz CT molecular complexity index is 280. The zero-order valence-corrected chi connectivity index (χ0v) is 10.4. The quantitative estimate of drug-likeness (QED) is 0.667. The number of carbonyl (C=O) groups is 2. The van der Waals surface area contributed by atoms with Crippen LogP contribution in [0.2, 0.25) is 0 Å². The van der Waals surface area contributed by atoms with Crippen molar-refractivity contribution in [2.24, 2.45) is 11.8 Å². The SMILES string of the molecule is CCCC[C@H](COC)NC(=O)[C@H]1C[C@H]1C(=O)O. The Morgan fingerprint density at radius 1 is 1.47 bits per heavy atom. The van der Waals surface area contributed by atoms with Gasteiger partial charge in [-0.1, -0.05) is 19.8 Å². The van der Waals surface area contributed by atoms with Gasteiger partial charge in [0.25, 0.3) is 0 Å². The molecule has 0 unspecified atom stereocenters. The molecule has 0 aliphatic heterocycles. The predicted octanol–water partition coefficient (Wildman–Crippen LogP) is 1.03. The molecule has 0 saturated heterocycles. The summed E-state index contributed by atoms with van der Waals surface area (Å²) in [6.45, 7) is 2.57. The first-order valence-corrected chi connectivity index (χ1v) is 6.12. The summed E-state index contributed by atoms with van der Waals surface area (Å²) in [5, 5.41) is 11.6. The van der Waals surface area contributed by atoms with Gasteiger partial charge < -0.3 is 15.2 Å². The summed E-state index contributed by atoms with van der Waals surface area (Å²) in [6.07, 6.45) is 3.44. The van der Waals surface area contributed by atoms with Crippen LogP contribution in [0.25, 0.3) is 0 Å². The second kappa shape index (κ2) is 6.59. The predicted molar refractivity (Wildman–Crippen MR) is 62.6 cm³/mol. The molecule has 0 heterocycles. The average molecular weight is 243 g/mol. The minimum atomic E-state index is -0.873. The van der Waals surface area contributed by atoms with E-state index >= 15 is 0 Å². The van der Waals surface area contributed by atoms with Gasteiger partial charge >= 0.3 is 5.97 Å². The molecular weight excluding hydrogens is 222 g/mol. The molecule has 1 amide bonds. The van der Waals surface area contributed by atoms with Crippen molar-refractivity contribution in [3.05, 3.63) is 0 Å². The molecule has 1 aliphatic rings. The lowest BCUT2D eigenvalue weighted by molar-refractivity contribution is -0.140. The summed E-state index contributed by atoms with van der Waals surface area (Å²) in [4.78, 5) is 22.4. The molecule has 0 radical (unpaired) electrons. The van der Waals surface area contributed by atoms with Crippen molar-refractivity contribution >= 4 is 11.9 Å². The first-order chi connectivity index (χ1) is 8.10. The lowest BCUT2D eigenvalue weighted by Crippen LogP contribution is -2.39. The van der Waals surface area contributed by atoms with Crippen LogP contribution in [0.15, 0.2) is 0 Å². The average Bonchev–Trinajstić information content (AvgIpc) is 3.06. The van der Waals surface area contributed by atoms with Crippen LogP contribution in [0.5, 0.6) is 0 Å². The highest BCUT2D eigenvalue weighted by atomic mass is 16.5. The van der Waals surface area contributed by atoms with Crippen molar-refractivity contribution in [2.45, 2.75) is 38.6 Å². The number of hydrogen-bond acceptors (Lipinski definition) is 3. The molecule has 0 aromatic heterocycles. The van der Waals surface area contributed by atoms with Crippen LogP contribution < -0.4 is 5.32 Å². The molecule has 1 aliphatic carbocycles. The zero-order chi connectivity index (χ0) is 12.8. The fraction of sp³-hybridized carbons (Fsp3) is 0.833. The van der Waals surface area contributed by atoms with Gasteiger partial charge in [-0.25, -0.2) is 0 Å². The molecule has 1 fully saturated rings. The van der Waals surface area contributed by atoms with Gasteiger partial charge in [-0.3, -0.25) is 9.59 Å². The molecule has 3 atom stereocenters. The van der Waals surface area contributed by atoms with Gasteiger partial charge in [0.1, 0.15) is 0 Å². The minimum absolute atomic E-state index is 0.00231. The Kier molecular flexibility index (Phi) is 5.41. The molecule has 5 heteroatoms. The molecule has 2 N–H and O–H groups in total. The number of carboxylic acid groups (broad SMARTS) is 1. The zero-order valence-electron chi connectivity index (χ0n) is 10.4. The fourth-order valence-electron chi connectivity index (χ4n) is 1.91. The van der Waals surface area contributed by atoms with E-state index in [1.165, 1.54) is 0 Å². The largest absolute Gasteiger partial charge is 0.481 e. The van der Waals surface area contributed by atoms with Crippen molar-refractivity contribution < 1.29 is 19.4 Å². The van der Waals surface area contributed by atoms with Crippen LogP contribution in [-0.2, 0) is 14.3 Å². The molecule has 5 nitrogen and oxygen atoms in total. The van der Waals surface area contributed by atoms with E-state index in [0.29, 0.717) is 13.0 Å². The monoisotopic (exact) mass is 243 g/mol. The van der Waals surface area contributed by atoms with Gasteiger partial charge in [0.2, 0.25) is 5.91 Å². The van der Waals surface area contributed by atoms with E-state index < -0.39 is 11.9 Å². The number of carboxylic acids is 1. The van der Waals surface area contributed by atoms with E-state index in [1.807, 2.05) is 0 Å². The van der Waals surface area contributed by atoms with Crippen LogP contribution in [0, 0.1) is 11.8 Å². The molecule has 1 rings (SSSR count). The third-order valence-electron chi connectivity index (χ3n) is 3.06. The number of ether oxygens (including phenoxy) is 1. The lowest BCUT2D eigenvalue weighted by atomic mass is 10.1. The van der Waals surface area contributed by atoms with Crippen LogP contribution in [-0.4, -0.2) is 36.7 Å². The maximum absolute atomic E-state index is 11.7. The van der Waals surface area contributed by atoms with E-state index in [0.717, 1.165) is 19.3 Å². The summed E-state index contributed by atoms with van der Waals surface area (Å²) >= 11 is 0. The third-order valence-corrected chi connectivity index (χ3v) is 3.06. The second-order valence-electron chi connectivity index (χ2n) is 4.59. The Hall–Kier alpha value is -1.10. The number of rotatable bonds is 8. The van der Waals surface area contributed by atoms with Gasteiger partial charge in [0, 0.05) is 7.11 Å². The molecular formula is C12H21NO4. The van der Waals surface area contributed by atoms with E-state index in [2.05, 4.69) is 12.2 Å². The maximum atomic E-state index is 11.7. The standard InChI is InChI=1S/C12H21NO4/c1-3-4-5-8(7-17-2)13-11(14)9-6-10(9)12(15)16/h8-10H,3-7H2,1-2H3,(H,13,14)(H,15,16)/t8-,9+,10-/m1/s1. The number of amides is 1. The van der Waals surface area contributed by atoms with Gasteiger partial charge in [-0.15, -0.1) is 0 Å². The highest BCUT2D eigenvalue weighted by Crippen LogP contribution is 2.38. The van der Waals surface area contributed by atoms with Gasteiger partial charge in [-0.2, -0.15) is 0 Å². The lowest BCUT2D eigenvalue weighted by Gasteiger charge is -2.17. The van der Waals surface area contributed by atoms with E-state index in [9.17, 15) is 9.59 Å². The Morgan fingerprint density at radius 3 is 2.65 bits per heavy atom. The fourth-order valence-corrected chi connectivity index (χ4v) is 1.91. The highest BCUT2D eigenvalue weighted by Gasteiger charge is 2.48. The minimum Gasteiger partial charge on any atom is -0.481 e. The number of carbonyl (C=O) groups excluding carboxylic acids is 1.